The summed E-state index contributed by atoms with van der Waals surface area (Å²) in [4.78, 5) is 27.7. The summed E-state index contributed by atoms with van der Waals surface area (Å²) >= 11 is 0. The Bertz CT molecular complexity index is 1380. The van der Waals surface area contributed by atoms with E-state index in [-0.39, 0.29) is 12.7 Å². The van der Waals surface area contributed by atoms with Crippen LogP contribution in [0.1, 0.15) is 40.9 Å². The van der Waals surface area contributed by atoms with Gasteiger partial charge in [-0.25, -0.2) is 4.79 Å². The Morgan fingerprint density at radius 1 is 0.973 bits per heavy atom. The van der Waals surface area contributed by atoms with Crippen molar-refractivity contribution in [3.8, 4) is 11.5 Å². The zero-order chi connectivity index (χ0) is 25.9. The monoisotopic (exact) mass is 499 g/mol. The SMILES string of the molecule is CCN(CC)Cc1ccc(NC(=C2C(=O)Nc3cc(C(=O)OC)ccc32)c2ccc3c(c2)OCO3)cc1. The van der Waals surface area contributed by atoms with Gasteiger partial charge in [0.15, 0.2) is 11.5 Å². The number of methoxy groups -OCH3 is 1. The molecule has 0 unspecified atom stereocenters. The van der Waals surface area contributed by atoms with Crippen LogP contribution < -0.4 is 20.1 Å². The normalized spacial score (nSPS) is 14.9. The van der Waals surface area contributed by atoms with Gasteiger partial charge in [-0.05, 0) is 61.1 Å². The van der Waals surface area contributed by atoms with E-state index < -0.39 is 5.97 Å². The Morgan fingerprint density at radius 2 is 1.70 bits per heavy atom. The van der Waals surface area contributed by atoms with Crippen LogP contribution in [0.4, 0.5) is 11.4 Å². The molecule has 0 fully saturated rings. The van der Waals surface area contributed by atoms with Crippen LogP contribution in [0.3, 0.4) is 0 Å². The number of nitrogens with one attached hydrogen (secondary N) is 2. The molecule has 190 valence electrons. The maximum absolute atomic E-state index is 13.3. The summed E-state index contributed by atoms with van der Waals surface area (Å²) in [5, 5.41) is 6.37. The molecule has 0 saturated carbocycles. The lowest BCUT2D eigenvalue weighted by Crippen LogP contribution is -2.22. The molecule has 8 heteroatoms. The molecule has 0 aliphatic carbocycles. The molecule has 2 aliphatic heterocycles. The zero-order valence-corrected chi connectivity index (χ0v) is 21.1. The molecule has 2 N–H and O–H groups in total. The van der Waals surface area contributed by atoms with E-state index in [2.05, 4.69) is 41.5 Å². The molecule has 0 radical (unpaired) electrons. The van der Waals surface area contributed by atoms with Crippen LogP contribution in [-0.2, 0) is 16.1 Å². The average molecular weight is 500 g/mol. The second-order valence-electron chi connectivity index (χ2n) is 8.81. The number of anilines is 2. The van der Waals surface area contributed by atoms with Crippen molar-refractivity contribution in [1.29, 1.82) is 0 Å². The van der Waals surface area contributed by atoms with Gasteiger partial charge in [-0.3, -0.25) is 9.69 Å². The smallest absolute Gasteiger partial charge is 0.337 e. The van der Waals surface area contributed by atoms with Crippen LogP contribution in [0.25, 0.3) is 11.3 Å². The van der Waals surface area contributed by atoms with Crippen molar-refractivity contribution in [3.63, 3.8) is 0 Å². The minimum Gasteiger partial charge on any atom is -0.465 e. The minimum atomic E-state index is -0.464. The number of nitrogens with zero attached hydrogens (tertiary/aromatic N) is 1. The van der Waals surface area contributed by atoms with Gasteiger partial charge in [0.2, 0.25) is 6.79 Å². The van der Waals surface area contributed by atoms with Gasteiger partial charge in [-0.2, -0.15) is 0 Å². The molecule has 0 spiro atoms. The highest BCUT2D eigenvalue weighted by molar-refractivity contribution is 6.37. The molecule has 2 aliphatic rings. The van der Waals surface area contributed by atoms with Crippen LogP contribution in [0, 0.1) is 0 Å². The fraction of sp³-hybridized carbons (Fsp3) is 0.241. The van der Waals surface area contributed by atoms with Crippen molar-refractivity contribution in [1.82, 2.24) is 4.90 Å². The second-order valence-corrected chi connectivity index (χ2v) is 8.81. The summed E-state index contributed by atoms with van der Waals surface area (Å²) in [5.74, 6) is 0.545. The largest absolute Gasteiger partial charge is 0.465 e. The third kappa shape index (κ3) is 4.88. The van der Waals surface area contributed by atoms with E-state index in [1.807, 2.05) is 30.3 Å². The van der Waals surface area contributed by atoms with E-state index in [0.717, 1.165) is 30.9 Å². The van der Waals surface area contributed by atoms with Gasteiger partial charge in [-0.15, -0.1) is 0 Å². The summed E-state index contributed by atoms with van der Waals surface area (Å²) in [6, 6.07) is 18.8. The molecular weight excluding hydrogens is 470 g/mol. The molecule has 1 amide bonds. The Morgan fingerprint density at radius 3 is 2.43 bits per heavy atom. The maximum atomic E-state index is 13.3. The van der Waals surface area contributed by atoms with Gasteiger partial charge in [0.25, 0.3) is 5.91 Å². The van der Waals surface area contributed by atoms with E-state index in [4.69, 9.17) is 14.2 Å². The standard InChI is InChI=1S/C29H29N3O5/c1-4-32(5-2)16-18-6-10-21(11-7-18)30-27(19-9-13-24-25(15-19)37-17-36-24)26-22-12-8-20(29(34)35-3)14-23(22)31-28(26)33/h6-15,30H,4-5,16-17H2,1-3H3,(H,31,33). The highest BCUT2D eigenvalue weighted by atomic mass is 16.7. The average Bonchev–Trinajstić information content (AvgIpc) is 3.53. The number of esters is 1. The number of ether oxygens (including phenoxy) is 3. The summed E-state index contributed by atoms with van der Waals surface area (Å²) in [6.45, 7) is 7.32. The van der Waals surface area contributed by atoms with Crippen LogP contribution >= 0.6 is 0 Å². The van der Waals surface area contributed by atoms with E-state index in [9.17, 15) is 9.59 Å². The number of amides is 1. The summed E-state index contributed by atoms with van der Waals surface area (Å²) in [6.07, 6.45) is 0. The lowest BCUT2D eigenvalue weighted by atomic mass is 9.98. The third-order valence-electron chi connectivity index (χ3n) is 6.62. The lowest BCUT2D eigenvalue weighted by Gasteiger charge is -2.19. The van der Waals surface area contributed by atoms with Gasteiger partial charge in [0.05, 0.1) is 29.6 Å². The Labute approximate surface area is 215 Å². The highest BCUT2D eigenvalue weighted by Gasteiger charge is 2.30. The predicted octanol–water partition coefficient (Wildman–Crippen LogP) is 4.98. The predicted molar refractivity (Wildman–Crippen MR) is 142 cm³/mol. The first kappa shape index (κ1) is 24.4. The first-order valence-corrected chi connectivity index (χ1v) is 12.3. The van der Waals surface area contributed by atoms with E-state index in [0.29, 0.717) is 39.6 Å². The molecule has 5 rings (SSSR count). The molecule has 2 heterocycles. The Kier molecular flexibility index (Phi) is 6.83. The second kappa shape index (κ2) is 10.4. The summed E-state index contributed by atoms with van der Waals surface area (Å²) in [5.41, 5.74) is 5.53. The molecule has 0 bridgehead atoms. The van der Waals surface area contributed by atoms with Crippen LogP contribution in [0.5, 0.6) is 11.5 Å². The van der Waals surface area contributed by atoms with Gasteiger partial charge >= 0.3 is 5.97 Å². The molecule has 0 aromatic heterocycles. The Hall–Kier alpha value is -4.30. The number of hydrogen-bond acceptors (Lipinski definition) is 7. The number of rotatable bonds is 8. The van der Waals surface area contributed by atoms with E-state index in [1.165, 1.54) is 12.7 Å². The maximum Gasteiger partial charge on any atom is 0.337 e. The lowest BCUT2D eigenvalue weighted by molar-refractivity contribution is -0.110. The van der Waals surface area contributed by atoms with Gasteiger partial charge in [0, 0.05) is 23.4 Å². The number of carbonyl (C=O) groups excluding carboxylic acids is 2. The van der Waals surface area contributed by atoms with E-state index >= 15 is 0 Å². The number of benzene rings is 3. The van der Waals surface area contributed by atoms with Crippen LogP contribution in [-0.4, -0.2) is 43.8 Å². The molecule has 0 saturated heterocycles. The first-order valence-electron chi connectivity index (χ1n) is 12.3. The number of fused-ring (bicyclic) bond motifs is 2. The van der Waals surface area contributed by atoms with Crippen molar-refractivity contribution >= 4 is 34.5 Å². The van der Waals surface area contributed by atoms with Gasteiger partial charge < -0.3 is 24.8 Å². The summed E-state index contributed by atoms with van der Waals surface area (Å²) in [7, 11) is 1.33. The molecule has 3 aromatic carbocycles. The van der Waals surface area contributed by atoms with Crippen molar-refractivity contribution < 1.29 is 23.8 Å². The minimum absolute atomic E-state index is 0.158. The van der Waals surface area contributed by atoms with Crippen molar-refractivity contribution in [2.24, 2.45) is 0 Å². The van der Waals surface area contributed by atoms with Crippen LogP contribution in [0.2, 0.25) is 0 Å². The fourth-order valence-electron chi connectivity index (χ4n) is 4.54. The molecule has 3 aromatic rings. The highest BCUT2D eigenvalue weighted by Crippen LogP contribution is 2.41. The van der Waals surface area contributed by atoms with Crippen LogP contribution in [0.15, 0.2) is 60.7 Å². The first-order chi connectivity index (χ1) is 18.0. The number of carbonyl (C=O) groups is 2. The van der Waals surface area contributed by atoms with Crippen molar-refractivity contribution in [2.75, 3.05) is 37.6 Å². The van der Waals surface area contributed by atoms with Crippen molar-refractivity contribution in [2.45, 2.75) is 20.4 Å². The third-order valence-corrected chi connectivity index (χ3v) is 6.62. The number of hydrogen-bond donors (Lipinski definition) is 2. The fourth-order valence-corrected chi connectivity index (χ4v) is 4.54. The molecule has 37 heavy (non-hydrogen) atoms. The molecular formula is C29H29N3O5. The van der Waals surface area contributed by atoms with Gasteiger partial charge in [0.1, 0.15) is 0 Å². The van der Waals surface area contributed by atoms with E-state index in [1.54, 1.807) is 18.2 Å². The van der Waals surface area contributed by atoms with Crippen molar-refractivity contribution in [3.05, 3.63) is 82.9 Å². The summed E-state index contributed by atoms with van der Waals surface area (Å²) < 4.78 is 15.9. The zero-order valence-electron chi connectivity index (χ0n) is 21.1. The quantitative estimate of drug-likeness (QED) is 0.334. The topological polar surface area (TPSA) is 89.1 Å². The molecule has 8 nitrogen and oxygen atoms in total. The Balaban J connectivity index is 1.56. The molecule has 0 atom stereocenters. The van der Waals surface area contributed by atoms with Gasteiger partial charge in [-0.1, -0.05) is 32.0 Å².